The maximum Gasteiger partial charge on any atom is 0.162 e. The topological polar surface area (TPSA) is 18.5 Å². The minimum Gasteiger partial charge on any atom is -0.490 e. The molecule has 0 bridgehead atoms. The number of alkyl halides is 1. The lowest BCUT2D eigenvalue weighted by Crippen LogP contribution is -1.97. The summed E-state index contributed by atoms with van der Waals surface area (Å²) in [5.41, 5.74) is 2.01. The number of benzene rings is 1. The Balaban J connectivity index is 2.02. The van der Waals surface area contributed by atoms with Crippen molar-refractivity contribution in [1.29, 1.82) is 0 Å². The molecular formula is C15H13BrCl2O2S. The summed E-state index contributed by atoms with van der Waals surface area (Å²) in [6.45, 7) is 3.30. The minimum absolute atomic E-state index is 0.0617. The van der Waals surface area contributed by atoms with E-state index in [-0.39, 0.29) is 4.83 Å². The fourth-order valence-electron chi connectivity index (χ4n) is 2.16. The fraction of sp³-hybridized carbons (Fsp3) is 0.333. The zero-order chi connectivity index (χ0) is 15.0. The summed E-state index contributed by atoms with van der Waals surface area (Å²) in [6.07, 6.45) is 0.870. The number of halogens is 3. The fourth-order valence-corrected chi connectivity index (χ4v) is 4.91. The van der Waals surface area contributed by atoms with Crippen LogP contribution in [-0.2, 0) is 0 Å². The van der Waals surface area contributed by atoms with Gasteiger partial charge in [0.1, 0.15) is 0 Å². The highest BCUT2D eigenvalue weighted by Gasteiger charge is 2.23. The quantitative estimate of drug-likeness (QED) is 0.567. The number of hydrogen-bond acceptors (Lipinski definition) is 3. The van der Waals surface area contributed by atoms with E-state index in [1.165, 1.54) is 0 Å². The lowest BCUT2D eigenvalue weighted by molar-refractivity contribution is 0.297. The summed E-state index contributed by atoms with van der Waals surface area (Å²) >= 11 is 18.1. The predicted octanol–water partition coefficient (Wildman–Crippen LogP) is 6.01. The van der Waals surface area contributed by atoms with Crippen molar-refractivity contribution in [3.05, 3.63) is 43.6 Å². The first kappa shape index (κ1) is 15.5. The molecule has 3 rings (SSSR count). The Hall–Kier alpha value is -0.420. The van der Waals surface area contributed by atoms with E-state index >= 15 is 0 Å². The van der Waals surface area contributed by atoms with E-state index in [1.54, 1.807) is 11.3 Å². The van der Waals surface area contributed by atoms with Crippen LogP contribution in [0.2, 0.25) is 10.0 Å². The number of hydrogen-bond donors (Lipinski definition) is 0. The summed E-state index contributed by atoms with van der Waals surface area (Å²) in [5.74, 6) is 1.44. The smallest absolute Gasteiger partial charge is 0.162 e. The average Bonchev–Trinajstić information content (AvgIpc) is 2.67. The molecule has 1 aliphatic rings. The van der Waals surface area contributed by atoms with Gasteiger partial charge in [-0.15, -0.1) is 11.3 Å². The van der Waals surface area contributed by atoms with Crippen LogP contribution in [0.1, 0.15) is 27.3 Å². The molecule has 2 aromatic rings. The molecule has 0 saturated heterocycles. The van der Waals surface area contributed by atoms with Crippen LogP contribution in [0.3, 0.4) is 0 Å². The molecule has 0 spiro atoms. The molecule has 6 heteroatoms. The first-order valence-corrected chi connectivity index (χ1v) is 9.09. The molecule has 0 fully saturated rings. The highest BCUT2D eigenvalue weighted by atomic mass is 79.9. The van der Waals surface area contributed by atoms with Gasteiger partial charge in [0.05, 0.1) is 23.1 Å². The Morgan fingerprint density at radius 1 is 1.19 bits per heavy atom. The molecule has 1 aromatic heterocycles. The van der Waals surface area contributed by atoms with E-state index in [0.717, 1.165) is 33.2 Å². The molecule has 21 heavy (non-hydrogen) atoms. The molecule has 2 heterocycles. The van der Waals surface area contributed by atoms with Crippen LogP contribution in [0.4, 0.5) is 0 Å². The van der Waals surface area contributed by atoms with Gasteiger partial charge in [0.25, 0.3) is 0 Å². The highest BCUT2D eigenvalue weighted by molar-refractivity contribution is 9.09. The number of rotatable bonds is 2. The monoisotopic (exact) mass is 406 g/mol. The van der Waals surface area contributed by atoms with Gasteiger partial charge in [-0.25, -0.2) is 0 Å². The van der Waals surface area contributed by atoms with Crippen LogP contribution in [-0.4, -0.2) is 13.2 Å². The van der Waals surface area contributed by atoms with Crippen LogP contribution < -0.4 is 9.47 Å². The molecule has 0 aliphatic carbocycles. The first-order valence-electron chi connectivity index (χ1n) is 6.54. The van der Waals surface area contributed by atoms with Gasteiger partial charge in [0.2, 0.25) is 0 Å². The molecule has 1 aromatic carbocycles. The number of aryl methyl sites for hydroxylation is 1. The number of ether oxygens (including phenoxy) is 2. The van der Waals surface area contributed by atoms with E-state index in [4.69, 9.17) is 32.7 Å². The van der Waals surface area contributed by atoms with E-state index in [9.17, 15) is 0 Å². The number of fused-ring (bicyclic) bond motifs is 1. The summed E-state index contributed by atoms with van der Waals surface area (Å²) in [6, 6.07) is 3.76. The lowest BCUT2D eigenvalue weighted by Gasteiger charge is -2.15. The van der Waals surface area contributed by atoms with E-state index in [1.807, 2.05) is 24.4 Å². The molecular weight excluding hydrogens is 395 g/mol. The third-order valence-corrected chi connectivity index (χ3v) is 6.66. The molecule has 1 atom stereocenters. The molecule has 0 saturated carbocycles. The van der Waals surface area contributed by atoms with E-state index < -0.39 is 0 Å². The van der Waals surface area contributed by atoms with Crippen LogP contribution in [0.25, 0.3) is 0 Å². The summed E-state index contributed by atoms with van der Waals surface area (Å²) in [4.78, 5) is 0.985. The lowest BCUT2D eigenvalue weighted by atomic mass is 10.1. The van der Waals surface area contributed by atoms with Gasteiger partial charge in [0.15, 0.2) is 11.5 Å². The Labute approximate surface area is 146 Å². The normalized spacial score (nSPS) is 15.6. The second-order valence-corrected chi connectivity index (χ2v) is 7.44. The Morgan fingerprint density at radius 3 is 2.48 bits per heavy atom. The third-order valence-electron chi connectivity index (χ3n) is 3.30. The minimum atomic E-state index is -0.0617. The van der Waals surface area contributed by atoms with Crippen molar-refractivity contribution in [2.75, 3.05) is 13.2 Å². The third kappa shape index (κ3) is 3.04. The van der Waals surface area contributed by atoms with Gasteiger partial charge in [-0.3, -0.25) is 0 Å². The molecule has 0 amide bonds. The van der Waals surface area contributed by atoms with Gasteiger partial charge >= 0.3 is 0 Å². The summed E-state index contributed by atoms with van der Waals surface area (Å²) < 4.78 is 11.4. The highest BCUT2D eigenvalue weighted by Crippen LogP contribution is 2.46. The Bertz CT molecular complexity index is 672. The van der Waals surface area contributed by atoms with Gasteiger partial charge in [-0.2, -0.15) is 0 Å². The van der Waals surface area contributed by atoms with Crippen LogP contribution in [0.5, 0.6) is 11.5 Å². The van der Waals surface area contributed by atoms with Crippen molar-refractivity contribution in [2.45, 2.75) is 18.2 Å². The molecule has 1 unspecified atom stereocenters. The van der Waals surface area contributed by atoms with Crippen molar-refractivity contribution in [3.63, 3.8) is 0 Å². The Morgan fingerprint density at radius 2 is 1.86 bits per heavy atom. The maximum absolute atomic E-state index is 6.41. The van der Waals surface area contributed by atoms with Crippen molar-refractivity contribution in [3.8, 4) is 11.5 Å². The molecule has 0 radical (unpaired) electrons. The summed E-state index contributed by atoms with van der Waals surface area (Å²) in [7, 11) is 0. The zero-order valence-corrected chi connectivity index (χ0v) is 15.2. The number of thiophene rings is 1. The van der Waals surface area contributed by atoms with Crippen LogP contribution in [0, 0.1) is 6.92 Å². The summed E-state index contributed by atoms with van der Waals surface area (Å²) in [5, 5.41) is 3.47. The standard InChI is InChI=1S/C15H13BrCl2O2S/c1-8-7-21-15(14(8)18)13(16)9-5-11-12(6-10(9)17)20-4-2-3-19-11/h5-7,13H,2-4H2,1H3. The first-order chi connectivity index (χ1) is 10.1. The molecule has 1 aliphatic heterocycles. The second-order valence-electron chi connectivity index (χ2n) is 4.83. The largest absolute Gasteiger partial charge is 0.490 e. The van der Waals surface area contributed by atoms with Gasteiger partial charge in [-0.05, 0) is 29.5 Å². The van der Waals surface area contributed by atoms with Crippen LogP contribution in [0.15, 0.2) is 17.5 Å². The average molecular weight is 408 g/mol. The van der Waals surface area contributed by atoms with Crippen molar-refractivity contribution < 1.29 is 9.47 Å². The molecule has 2 nitrogen and oxygen atoms in total. The Kier molecular flexibility index (Phi) is 4.69. The SMILES string of the molecule is Cc1csc(C(Br)c2cc3c(cc2Cl)OCCCO3)c1Cl. The maximum atomic E-state index is 6.41. The van der Waals surface area contributed by atoms with Crippen molar-refractivity contribution >= 4 is 50.5 Å². The predicted molar refractivity (Wildman–Crippen MR) is 91.9 cm³/mol. The van der Waals surface area contributed by atoms with Gasteiger partial charge < -0.3 is 9.47 Å². The molecule has 112 valence electrons. The van der Waals surface area contributed by atoms with E-state index in [2.05, 4.69) is 15.9 Å². The second kappa shape index (κ2) is 6.37. The van der Waals surface area contributed by atoms with Gasteiger partial charge in [0, 0.05) is 22.4 Å². The molecule has 0 N–H and O–H groups in total. The van der Waals surface area contributed by atoms with Gasteiger partial charge in [-0.1, -0.05) is 39.1 Å². The van der Waals surface area contributed by atoms with Crippen LogP contribution >= 0.6 is 50.5 Å². The van der Waals surface area contributed by atoms with Crippen molar-refractivity contribution in [1.82, 2.24) is 0 Å². The zero-order valence-electron chi connectivity index (χ0n) is 11.3. The van der Waals surface area contributed by atoms with E-state index in [0.29, 0.717) is 24.0 Å². The van der Waals surface area contributed by atoms with Crippen molar-refractivity contribution in [2.24, 2.45) is 0 Å².